The summed E-state index contributed by atoms with van der Waals surface area (Å²) in [6.07, 6.45) is 4.91. The number of nitrogens with zero attached hydrogens (tertiary/aromatic N) is 3. The second kappa shape index (κ2) is 7.06. The molecule has 6 heteroatoms. The van der Waals surface area contributed by atoms with Crippen LogP contribution in [0.25, 0.3) is 5.65 Å². The van der Waals surface area contributed by atoms with Crippen molar-refractivity contribution in [2.75, 3.05) is 0 Å². The molecule has 1 amide bonds. The predicted octanol–water partition coefficient (Wildman–Crippen LogP) is 3.45. The fraction of sp³-hybridized carbons (Fsp3) is 0.0500. The number of hydrogen-bond donors (Lipinski definition) is 1. The molecule has 2 heterocycles. The van der Waals surface area contributed by atoms with Gasteiger partial charge in [0.25, 0.3) is 5.91 Å². The predicted molar refractivity (Wildman–Crippen MR) is 97.1 cm³/mol. The summed E-state index contributed by atoms with van der Waals surface area (Å²) in [6, 6.07) is 18.9. The average molecular weight is 344 g/mol. The molecule has 0 radical (unpaired) electrons. The molecule has 0 fully saturated rings. The summed E-state index contributed by atoms with van der Waals surface area (Å²) < 4.78 is 7.49. The van der Waals surface area contributed by atoms with E-state index in [-0.39, 0.29) is 5.91 Å². The van der Waals surface area contributed by atoms with Gasteiger partial charge in [0.2, 0.25) is 0 Å². The van der Waals surface area contributed by atoms with E-state index in [9.17, 15) is 4.79 Å². The van der Waals surface area contributed by atoms with Crippen LogP contribution in [0.15, 0.2) is 79.3 Å². The van der Waals surface area contributed by atoms with Crippen molar-refractivity contribution in [3.8, 4) is 11.5 Å². The lowest BCUT2D eigenvalue weighted by molar-refractivity contribution is 0.0952. The minimum Gasteiger partial charge on any atom is -0.457 e. The number of para-hydroxylation sites is 2. The van der Waals surface area contributed by atoms with Crippen LogP contribution in [0, 0.1) is 0 Å². The lowest BCUT2D eigenvalue weighted by Gasteiger charge is -2.11. The van der Waals surface area contributed by atoms with Crippen molar-refractivity contribution in [3.63, 3.8) is 0 Å². The van der Waals surface area contributed by atoms with Gasteiger partial charge in [-0.1, -0.05) is 36.4 Å². The minimum atomic E-state index is -0.229. The topological polar surface area (TPSA) is 68.5 Å². The first-order chi connectivity index (χ1) is 12.8. The Morgan fingerprint density at radius 2 is 1.85 bits per heavy atom. The molecular weight excluding hydrogens is 328 g/mol. The van der Waals surface area contributed by atoms with Crippen molar-refractivity contribution in [2.24, 2.45) is 0 Å². The molecule has 4 rings (SSSR count). The normalized spacial score (nSPS) is 10.6. The number of amides is 1. The highest BCUT2D eigenvalue weighted by Gasteiger charge is 2.14. The van der Waals surface area contributed by atoms with Gasteiger partial charge in [0.15, 0.2) is 5.65 Å². The van der Waals surface area contributed by atoms with Crippen molar-refractivity contribution >= 4 is 11.6 Å². The molecule has 2 aromatic carbocycles. The molecule has 0 unspecified atom stereocenters. The fourth-order valence-electron chi connectivity index (χ4n) is 2.62. The monoisotopic (exact) mass is 344 g/mol. The van der Waals surface area contributed by atoms with Gasteiger partial charge in [0.05, 0.1) is 6.20 Å². The number of aromatic nitrogens is 3. The number of carbonyl (C=O) groups excluding carboxylic acids is 1. The van der Waals surface area contributed by atoms with E-state index in [0.717, 1.165) is 11.3 Å². The Kier molecular flexibility index (Phi) is 4.30. The number of ether oxygens (including phenoxy) is 1. The Morgan fingerprint density at radius 1 is 1.04 bits per heavy atom. The Hall–Kier alpha value is -3.67. The van der Waals surface area contributed by atoms with Gasteiger partial charge in [-0.15, -0.1) is 0 Å². The zero-order chi connectivity index (χ0) is 17.8. The lowest BCUT2D eigenvalue weighted by Crippen LogP contribution is -2.23. The molecule has 0 saturated carbocycles. The third-order valence-corrected chi connectivity index (χ3v) is 3.91. The zero-order valence-corrected chi connectivity index (χ0v) is 13.9. The van der Waals surface area contributed by atoms with Gasteiger partial charge >= 0.3 is 0 Å². The highest BCUT2D eigenvalue weighted by Crippen LogP contribution is 2.25. The van der Waals surface area contributed by atoms with Gasteiger partial charge < -0.3 is 10.1 Å². The molecule has 0 bridgehead atoms. The number of fused-ring (bicyclic) bond motifs is 1. The molecule has 128 valence electrons. The maximum absolute atomic E-state index is 12.5. The molecule has 6 nitrogen and oxygen atoms in total. The molecule has 1 N–H and O–H groups in total. The zero-order valence-electron chi connectivity index (χ0n) is 13.9. The van der Waals surface area contributed by atoms with E-state index < -0.39 is 0 Å². The summed E-state index contributed by atoms with van der Waals surface area (Å²) in [5.41, 5.74) is 1.85. The van der Waals surface area contributed by atoms with E-state index in [2.05, 4.69) is 15.4 Å². The van der Waals surface area contributed by atoms with Crippen molar-refractivity contribution in [2.45, 2.75) is 6.54 Å². The van der Waals surface area contributed by atoms with E-state index in [1.807, 2.05) is 54.6 Å². The van der Waals surface area contributed by atoms with Gasteiger partial charge in [0, 0.05) is 24.5 Å². The first kappa shape index (κ1) is 15.8. The van der Waals surface area contributed by atoms with E-state index in [1.165, 1.54) is 6.20 Å². The van der Waals surface area contributed by atoms with Crippen LogP contribution in [0.2, 0.25) is 0 Å². The molecule has 0 spiro atoms. The van der Waals surface area contributed by atoms with Gasteiger partial charge in [-0.05, 0) is 24.3 Å². The van der Waals surface area contributed by atoms with Crippen LogP contribution < -0.4 is 10.1 Å². The van der Waals surface area contributed by atoms with Crippen molar-refractivity contribution in [1.29, 1.82) is 0 Å². The van der Waals surface area contributed by atoms with Gasteiger partial charge in [-0.2, -0.15) is 5.10 Å². The van der Waals surface area contributed by atoms with Crippen LogP contribution in [0.3, 0.4) is 0 Å². The van der Waals surface area contributed by atoms with E-state index in [1.54, 1.807) is 23.0 Å². The number of rotatable bonds is 5. The largest absolute Gasteiger partial charge is 0.457 e. The lowest BCUT2D eigenvalue weighted by atomic mass is 10.2. The number of hydrogen-bond acceptors (Lipinski definition) is 4. The Balaban J connectivity index is 1.50. The first-order valence-corrected chi connectivity index (χ1v) is 8.18. The summed E-state index contributed by atoms with van der Waals surface area (Å²) in [7, 11) is 0. The van der Waals surface area contributed by atoms with Crippen LogP contribution in [0.5, 0.6) is 11.5 Å². The second-order valence-corrected chi connectivity index (χ2v) is 5.65. The Morgan fingerprint density at radius 3 is 2.73 bits per heavy atom. The molecular formula is C20H16N4O2. The Bertz CT molecular complexity index is 1040. The first-order valence-electron chi connectivity index (χ1n) is 8.18. The number of carbonyl (C=O) groups is 1. The Labute approximate surface area is 150 Å². The molecule has 0 aliphatic heterocycles. The third-order valence-electron chi connectivity index (χ3n) is 3.91. The van der Waals surface area contributed by atoms with Crippen LogP contribution >= 0.6 is 0 Å². The smallest absolute Gasteiger partial charge is 0.257 e. The van der Waals surface area contributed by atoms with Crippen LogP contribution in [0.4, 0.5) is 0 Å². The SMILES string of the molecule is O=C(NCc1ccccc1Oc1ccccc1)c1cnn2cccnc12. The summed E-state index contributed by atoms with van der Waals surface area (Å²) in [6.45, 7) is 0.339. The van der Waals surface area contributed by atoms with Crippen LogP contribution in [0.1, 0.15) is 15.9 Å². The second-order valence-electron chi connectivity index (χ2n) is 5.65. The quantitative estimate of drug-likeness (QED) is 0.602. The molecule has 4 aromatic rings. The number of benzene rings is 2. The molecule has 0 aliphatic carbocycles. The fourth-order valence-corrected chi connectivity index (χ4v) is 2.62. The number of nitrogens with one attached hydrogen (secondary N) is 1. The molecule has 0 saturated heterocycles. The maximum Gasteiger partial charge on any atom is 0.257 e. The standard InChI is InChI=1S/C20H16N4O2/c25-20(17-14-23-24-12-6-11-21-19(17)24)22-13-15-7-4-5-10-18(15)26-16-8-2-1-3-9-16/h1-12,14H,13H2,(H,22,25). The molecule has 0 atom stereocenters. The molecule has 2 aromatic heterocycles. The van der Waals surface area contributed by atoms with Crippen molar-refractivity contribution < 1.29 is 9.53 Å². The summed E-state index contributed by atoms with van der Waals surface area (Å²) in [4.78, 5) is 16.7. The average Bonchev–Trinajstić information content (AvgIpc) is 3.12. The molecule has 0 aliphatic rings. The van der Waals surface area contributed by atoms with E-state index in [0.29, 0.717) is 23.5 Å². The van der Waals surface area contributed by atoms with Gasteiger partial charge in [-0.25, -0.2) is 9.50 Å². The molecule has 26 heavy (non-hydrogen) atoms. The highest BCUT2D eigenvalue weighted by atomic mass is 16.5. The highest BCUT2D eigenvalue weighted by molar-refractivity contribution is 5.99. The maximum atomic E-state index is 12.5. The van der Waals surface area contributed by atoms with Crippen molar-refractivity contribution in [3.05, 3.63) is 90.4 Å². The minimum absolute atomic E-state index is 0.229. The van der Waals surface area contributed by atoms with Gasteiger partial charge in [-0.3, -0.25) is 4.79 Å². The summed E-state index contributed by atoms with van der Waals surface area (Å²) in [5.74, 6) is 1.23. The van der Waals surface area contributed by atoms with E-state index >= 15 is 0 Å². The van der Waals surface area contributed by atoms with Crippen LogP contribution in [-0.4, -0.2) is 20.5 Å². The summed E-state index contributed by atoms with van der Waals surface area (Å²) >= 11 is 0. The van der Waals surface area contributed by atoms with Crippen LogP contribution in [-0.2, 0) is 6.54 Å². The third kappa shape index (κ3) is 3.25. The summed E-state index contributed by atoms with van der Waals surface area (Å²) in [5, 5.41) is 7.04. The van der Waals surface area contributed by atoms with Crippen molar-refractivity contribution in [1.82, 2.24) is 19.9 Å². The van der Waals surface area contributed by atoms with Gasteiger partial charge in [0.1, 0.15) is 17.1 Å². The van der Waals surface area contributed by atoms with E-state index in [4.69, 9.17) is 4.74 Å².